The van der Waals surface area contributed by atoms with Gasteiger partial charge in [-0.2, -0.15) is 4.98 Å². The maximum Gasteiger partial charge on any atom is 0.316 e. The van der Waals surface area contributed by atoms with Crippen LogP contribution in [0.4, 0.5) is 0 Å². The number of rotatable bonds is 5. The molecule has 1 atom stereocenters. The van der Waals surface area contributed by atoms with Gasteiger partial charge in [0, 0.05) is 18.2 Å². The van der Waals surface area contributed by atoms with Gasteiger partial charge in [0.05, 0.1) is 28.9 Å². The van der Waals surface area contributed by atoms with Gasteiger partial charge in [-0.25, -0.2) is 0 Å². The lowest BCUT2D eigenvalue weighted by Gasteiger charge is -2.18. The number of aliphatic hydroxyl groups excluding tert-OH is 1. The predicted molar refractivity (Wildman–Crippen MR) is 88.5 cm³/mol. The highest BCUT2D eigenvalue weighted by Crippen LogP contribution is 2.33. The van der Waals surface area contributed by atoms with E-state index in [-0.39, 0.29) is 30.3 Å². The number of allylic oxidation sites excluding steroid dienone is 1. The number of nitrogens with zero attached hydrogens (tertiary/aromatic N) is 3. The molecule has 2 heterocycles. The lowest BCUT2D eigenvalue weighted by molar-refractivity contribution is 0.0852. The Labute approximate surface area is 143 Å². The van der Waals surface area contributed by atoms with Crippen molar-refractivity contribution in [3.8, 4) is 11.4 Å². The van der Waals surface area contributed by atoms with Gasteiger partial charge in [-0.05, 0) is 5.92 Å². The maximum atomic E-state index is 12.2. The number of amides is 1. The fraction of sp³-hybridized carbons (Fsp3) is 0.375. The van der Waals surface area contributed by atoms with Crippen LogP contribution in [0.2, 0.25) is 5.02 Å². The third-order valence-electron chi connectivity index (χ3n) is 3.91. The van der Waals surface area contributed by atoms with Gasteiger partial charge in [-0.1, -0.05) is 42.8 Å². The van der Waals surface area contributed by atoms with Crippen LogP contribution in [-0.4, -0.2) is 38.8 Å². The van der Waals surface area contributed by atoms with Gasteiger partial charge in [-0.3, -0.25) is 9.78 Å². The van der Waals surface area contributed by atoms with Crippen LogP contribution in [0.3, 0.4) is 0 Å². The quantitative estimate of drug-likeness (QED) is 0.858. The lowest BCUT2D eigenvalue weighted by atomic mass is 10.1. The Bertz CT molecular complexity index is 801. The Hall–Kier alpha value is -2.25. The van der Waals surface area contributed by atoms with E-state index < -0.39 is 5.91 Å². The van der Waals surface area contributed by atoms with Crippen LogP contribution in [0.1, 0.15) is 35.8 Å². The monoisotopic (exact) mass is 348 g/mol. The Kier molecular flexibility index (Phi) is 4.64. The molecule has 0 saturated carbocycles. The van der Waals surface area contributed by atoms with Crippen LogP contribution in [-0.2, 0) is 6.42 Å². The molecule has 3 rings (SSSR count). The van der Waals surface area contributed by atoms with Gasteiger partial charge in [0.1, 0.15) is 0 Å². The molecule has 8 heteroatoms. The number of aromatic nitrogens is 3. The second-order valence-corrected chi connectivity index (χ2v) is 6.26. The third kappa shape index (κ3) is 3.05. The van der Waals surface area contributed by atoms with Crippen molar-refractivity contribution >= 4 is 23.6 Å². The summed E-state index contributed by atoms with van der Waals surface area (Å²) in [6.07, 6.45) is 6.19. The number of carbonyl (C=O) groups is 1. The normalized spacial score (nSPS) is 14.0. The van der Waals surface area contributed by atoms with Gasteiger partial charge in [0.25, 0.3) is 0 Å². The van der Waals surface area contributed by atoms with Crippen molar-refractivity contribution < 1.29 is 14.4 Å². The van der Waals surface area contributed by atoms with Crippen LogP contribution >= 0.6 is 11.6 Å². The fourth-order valence-electron chi connectivity index (χ4n) is 2.40. The number of carbonyl (C=O) groups excluding carboxylic acids is 1. The van der Waals surface area contributed by atoms with Gasteiger partial charge in [0.2, 0.25) is 5.82 Å². The fourth-order valence-corrected chi connectivity index (χ4v) is 2.70. The minimum atomic E-state index is -0.536. The average Bonchev–Trinajstić information content (AvgIpc) is 3.21. The number of pyridine rings is 1. The Morgan fingerprint density at radius 1 is 1.50 bits per heavy atom. The molecule has 0 bridgehead atoms. The molecule has 7 nitrogen and oxygen atoms in total. The number of aliphatic hydroxyl groups is 1. The zero-order chi connectivity index (χ0) is 17.3. The molecule has 1 aliphatic carbocycles. The first-order valence-electron chi connectivity index (χ1n) is 7.61. The number of hydrogen-bond acceptors (Lipinski definition) is 6. The molecule has 2 aromatic rings. The summed E-state index contributed by atoms with van der Waals surface area (Å²) in [7, 11) is 0. The summed E-state index contributed by atoms with van der Waals surface area (Å²) >= 11 is 6.38. The SMILES string of the molecule is CC(C)[C@@H](CO)NC(=O)c1nc(-c2cnc3c(c2Cl)C=CC3)no1. The molecule has 0 spiro atoms. The zero-order valence-electron chi connectivity index (χ0n) is 13.3. The molecule has 1 aliphatic rings. The van der Waals surface area contributed by atoms with Crippen LogP contribution in [0, 0.1) is 5.92 Å². The number of nitrogens with one attached hydrogen (secondary N) is 1. The largest absolute Gasteiger partial charge is 0.394 e. The minimum Gasteiger partial charge on any atom is -0.394 e. The van der Waals surface area contributed by atoms with Crippen LogP contribution in [0.15, 0.2) is 16.8 Å². The summed E-state index contributed by atoms with van der Waals surface area (Å²) in [5.74, 6) is -0.447. The molecule has 0 aliphatic heterocycles. The molecule has 0 fully saturated rings. The molecule has 2 aromatic heterocycles. The van der Waals surface area contributed by atoms with Crippen LogP contribution in [0.5, 0.6) is 0 Å². The summed E-state index contributed by atoms with van der Waals surface area (Å²) in [4.78, 5) is 20.6. The number of hydrogen-bond donors (Lipinski definition) is 2. The van der Waals surface area contributed by atoms with E-state index >= 15 is 0 Å². The summed E-state index contributed by atoms with van der Waals surface area (Å²) in [6.45, 7) is 3.62. The summed E-state index contributed by atoms with van der Waals surface area (Å²) in [5.41, 5.74) is 2.24. The first kappa shape index (κ1) is 16.6. The Morgan fingerprint density at radius 3 is 3.00 bits per heavy atom. The topological polar surface area (TPSA) is 101 Å². The van der Waals surface area contributed by atoms with Gasteiger partial charge >= 0.3 is 11.8 Å². The van der Waals surface area contributed by atoms with Crippen molar-refractivity contribution in [3.63, 3.8) is 0 Å². The molecule has 0 unspecified atom stereocenters. The molecule has 126 valence electrons. The second-order valence-electron chi connectivity index (χ2n) is 5.88. The van der Waals surface area contributed by atoms with E-state index in [1.54, 1.807) is 6.20 Å². The van der Waals surface area contributed by atoms with E-state index in [1.807, 2.05) is 26.0 Å². The first-order chi connectivity index (χ1) is 11.5. The minimum absolute atomic E-state index is 0.0727. The molecule has 24 heavy (non-hydrogen) atoms. The highest BCUT2D eigenvalue weighted by molar-refractivity contribution is 6.34. The molecular weight excluding hydrogens is 332 g/mol. The highest BCUT2D eigenvalue weighted by atomic mass is 35.5. The molecular formula is C16H17ClN4O3. The lowest BCUT2D eigenvalue weighted by Crippen LogP contribution is -2.41. The first-order valence-corrected chi connectivity index (χ1v) is 7.98. The van der Waals surface area contributed by atoms with E-state index in [1.165, 1.54) is 0 Å². The van der Waals surface area contributed by atoms with Gasteiger partial charge in [-0.15, -0.1) is 0 Å². The maximum absolute atomic E-state index is 12.2. The zero-order valence-corrected chi connectivity index (χ0v) is 14.0. The Balaban J connectivity index is 1.84. The molecule has 0 radical (unpaired) electrons. The van der Waals surface area contributed by atoms with Crippen molar-refractivity contribution in [2.24, 2.45) is 5.92 Å². The number of halogens is 1. The van der Waals surface area contributed by atoms with E-state index in [9.17, 15) is 9.90 Å². The summed E-state index contributed by atoms with van der Waals surface area (Å²) in [6, 6.07) is -0.386. The van der Waals surface area contributed by atoms with Crippen LogP contribution in [0.25, 0.3) is 17.5 Å². The van der Waals surface area contributed by atoms with E-state index in [0.717, 1.165) is 17.7 Å². The molecule has 1 amide bonds. The standard InChI is InChI=1S/C16H17ClN4O3/c1-8(2)12(7-22)19-15(23)16-20-14(21-24-16)10-6-18-11-5-3-4-9(11)13(10)17/h3-4,6,8,12,22H,5,7H2,1-2H3,(H,19,23)/t12-/m1/s1. The van der Waals surface area contributed by atoms with Crippen molar-refractivity contribution in [3.05, 3.63) is 34.4 Å². The van der Waals surface area contributed by atoms with Gasteiger partial charge < -0.3 is 14.9 Å². The third-order valence-corrected chi connectivity index (χ3v) is 4.32. The van der Waals surface area contributed by atoms with E-state index in [0.29, 0.717) is 10.6 Å². The summed E-state index contributed by atoms with van der Waals surface area (Å²) < 4.78 is 5.02. The Morgan fingerprint density at radius 2 is 2.29 bits per heavy atom. The average molecular weight is 349 g/mol. The second kappa shape index (κ2) is 6.70. The van der Waals surface area contributed by atoms with Crippen LogP contribution < -0.4 is 5.32 Å². The van der Waals surface area contributed by atoms with Crippen molar-refractivity contribution in [1.29, 1.82) is 0 Å². The highest BCUT2D eigenvalue weighted by Gasteiger charge is 2.23. The van der Waals surface area contributed by atoms with E-state index in [4.69, 9.17) is 16.1 Å². The van der Waals surface area contributed by atoms with E-state index in [2.05, 4.69) is 20.4 Å². The molecule has 0 saturated heterocycles. The predicted octanol–water partition coefficient (Wildman–Crippen LogP) is 2.10. The molecule has 2 N–H and O–H groups in total. The van der Waals surface area contributed by atoms with Crippen molar-refractivity contribution in [1.82, 2.24) is 20.4 Å². The van der Waals surface area contributed by atoms with Crippen molar-refractivity contribution in [2.75, 3.05) is 6.61 Å². The summed E-state index contributed by atoms with van der Waals surface area (Å²) in [5, 5.41) is 16.2. The molecule has 0 aromatic carbocycles. The van der Waals surface area contributed by atoms with Gasteiger partial charge in [0.15, 0.2) is 0 Å². The van der Waals surface area contributed by atoms with Crippen molar-refractivity contribution in [2.45, 2.75) is 26.3 Å². The smallest absolute Gasteiger partial charge is 0.316 e. The number of fused-ring (bicyclic) bond motifs is 1.